The third-order valence-electron chi connectivity index (χ3n) is 4.11. The number of para-hydroxylation sites is 1. The van der Waals surface area contributed by atoms with Crippen LogP contribution in [0.5, 0.6) is 5.75 Å². The minimum Gasteiger partial charge on any atom is -0.491 e. The van der Waals surface area contributed by atoms with Crippen LogP contribution in [0.3, 0.4) is 0 Å². The van der Waals surface area contributed by atoms with E-state index in [0.717, 1.165) is 36.7 Å². The molecule has 0 bridgehead atoms. The Balaban J connectivity index is 1.78. The van der Waals surface area contributed by atoms with Crippen molar-refractivity contribution < 1.29 is 9.84 Å². The minimum absolute atomic E-state index is 0.347. The van der Waals surface area contributed by atoms with E-state index in [1.165, 1.54) is 12.8 Å². The summed E-state index contributed by atoms with van der Waals surface area (Å²) in [4.78, 5) is 2.34. The van der Waals surface area contributed by atoms with E-state index in [4.69, 9.17) is 4.74 Å². The van der Waals surface area contributed by atoms with Gasteiger partial charge in [0.1, 0.15) is 18.5 Å². The van der Waals surface area contributed by atoms with Crippen LogP contribution in [0.2, 0.25) is 0 Å². The van der Waals surface area contributed by atoms with Gasteiger partial charge in [-0.05, 0) is 49.9 Å². The number of nitrogens with zero attached hydrogens (tertiary/aromatic N) is 1. The largest absolute Gasteiger partial charge is 0.491 e. The molecule has 1 saturated heterocycles. The number of piperidine rings is 1. The Labute approximate surface area is 128 Å². The summed E-state index contributed by atoms with van der Waals surface area (Å²) in [7, 11) is 0. The van der Waals surface area contributed by atoms with Crippen molar-refractivity contribution in [2.75, 3.05) is 26.2 Å². The molecule has 1 fully saturated rings. The van der Waals surface area contributed by atoms with Gasteiger partial charge in [-0.2, -0.15) is 0 Å². The molecule has 0 amide bonds. The van der Waals surface area contributed by atoms with Gasteiger partial charge in [0.15, 0.2) is 0 Å². The first-order valence-corrected chi connectivity index (χ1v) is 7.91. The van der Waals surface area contributed by atoms with Crippen LogP contribution >= 0.6 is 0 Å². The second kappa shape index (κ2) is 8.20. The van der Waals surface area contributed by atoms with E-state index < -0.39 is 6.10 Å². The van der Waals surface area contributed by atoms with Gasteiger partial charge in [0.05, 0.1) is 0 Å². The molecule has 2 rings (SSSR count). The Kier molecular flexibility index (Phi) is 6.27. The number of hydrogen-bond acceptors (Lipinski definition) is 3. The third-order valence-corrected chi connectivity index (χ3v) is 4.11. The average molecular weight is 289 g/mol. The fraction of sp³-hybridized carbons (Fsp3) is 0.556. The highest BCUT2D eigenvalue weighted by Gasteiger charge is 2.18. The SMILES string of the molecule is C=CCc1ccccc1OC[C@@H](O)CN1CCC(C)CC1. The summed E-state index contributed by atoms with van der Waals surface area (Å²) >= 11 is 0. The maximum Gasteiger partial charge on any atom is 0.122 e. The number of hydrogen-bond donors (Lipinski definition) is 1. The molecule has 0 saturated carbocycles. The van der Waals surface area contributed by atoms with Gasteiger partial charge in [-0.3, -0.25) is 0 Å². The lowest BCUT2D eigenvalue weighted by atomic mass is 9.99. The fourth-order valence-electron chi connectivity index (χ4n) is 2.75. The van der Waals surface area contributed by atoms with Crippen LogP contribution in [-0.4, -0.2) is 42.4 Å². The molecule has 3 heteroatoms. The molecule has 1 aromatic rings. The fourth-order valence-corrected chi connectivity index (χ4v) is 2.75. The molecule has 0 aliphatic carbocycles. The number of β-amino-alcohol motifs (C(OH)–C–C–N with tert-alkyl or cyclic N) is 1. The van der Waals surface area contributed by atoms with Crippen molar-refractivity contribution in [2.45, 2.75) is 32.3 Å². The lowest BCUT2D eigenvalue weighted by Crippen LogP contribution is -2.40. The molecule has 0 aromatic heterocycles. The van der Waals surface area contributed by atoms with E-state index in [0.29, 0.717) is 13.2 Å². The maximum absolute atomic E-state index is 10.2. The zero-order valence-electron chi connectivity index (χ0n) is 13.0. The second-order valence-electron chi connectivity index (χ2n) is 6.05. The van der Waals surface area contributed by atoms with Gasteiger partial charge in [0, 0.05) is 6.54 Å². The van der Waals surface area contributed by atoms with E-state index >= 15 is 0 Å². The highest BCUT2D eigenvalue weighted by Crippen LogP contribution is 2.19. The van der Waals surface area contributed by atoms with Crippen molar-refractivity contribution in [1.82, 2.24) is 4.90 Å². The molecule has 1 aliphatic rings. The Hall–Kier alpha value is -1.32. The van der Waals surface area contributed by atoms with Gasteiger partial charge < -0.3 is 14.7 Å². The molecule has 1 aliphatic heterocycles. The Morgan fingerprint density at radius 1 is 1.38 bits per heavy atom. The average Bonchev–Trinajstić information content (AvgIpc) is 2.49. The number of likely N-dealkylation sites (tertiary alicyclic amines) is 1. The van der Waals surface area contributed by atoms with Crippen molar-refractivity contribution in [3.05, 3.63) is 42.5 Å². The molecule has 0 radical (unpaired) electrons. The van der Waals surface area contributed by atoms with Gasteiger partial charge in [-0.15, -0.1) is 6.58 Å². The van der Waals surface area contributed by atoms with Gasteiger partial charge in [0.2, 0.25) is 0 Å². The smallest absolute Gasteiger partial charge is 0.122 e. The zero-order valence-corrected chi connectivity index (χ0v) is 13.0. The molecule has 1 aromatic carbocycles. The second-order valence-corrected chi connectivity index (χ2v) is 6.05. The Morgan fingerprint density at radius 2 is 2.10 bits per heavy atom. The number of allylic oxidation sites excluding steroid dienone is 1. The zero-order chi connectivity index (χ0) is 15.1. The van der Waals surface area contributed by atoms with E-state index in [2.05, 4.69) is 18.4 Å². The first-order valence-electron chi connectivity index (χ1n) is 7.91. The molecule has 1 N–H and O–H groups in total. The highest BCUT2D eigenvalue weighted by atomic mass is 16.5. The minimum atomic E-state index is -0.435. The quantitative estimate of drug-likeness (QED) is 0.784. The number of aliphatic hydroxyl groups is 1. The van der Waals surface area contributed by atoms with Gasteiger partial charge in [-0.1, -0.05) is 31.2 Å². The normalized spacial score (nSPS) is 18.4. The summed E-state index contributed by atoms with van der Waals surface area (Å²) in [6, 6.07) is 7.95. The molecule has 1 heterocycles. The number of ether oxygens (including phenoxy) is 1. The first-order chi connectivity index (χ1) is 10.2. The highest BCUT2D eigenvalue weighted by molar-refractivity contribution is 5.34. The molecule has 116 valence electrons. The lowest BCUT2D eigenvalue weighted by molar-refractivity contribution is 0.0560. The molecule has 21 heavy (non-hydrogen) atoms. The topological polar surface area (TPSA) is 32.7 Å². The first kappa shape index (κ1) is 16.1. The molecular formula is C18H27NO2. The summed E-state index contributed by atoms with van der Waals surface area (Å²) < 4.78 is 5.79. The summed E-state index contributed by atoms with van der Waals surface area (Å²) in [5.74, 6) is 1.67. The summed E-state index contributed by atoms with van der Waals surface area (Å²) in [5.41, 5.74) is 1.12. The number of benzene rings is 1. The maximum atomic E-state index is 10.2. The predicted octanol–water partition coefficient (Wildman–Crippen LogP) is 2.89. The van der Waals surface area contributed by atoms with E-state index in [-0.39, 0.29) is 0 Å². The third kappa shape index (κ3) is 5.18. The summed E-state index contributed by atoms with van der Waals surface area (Å²) in [6.45, 7) is 9.29. The van der Waals surface area contributed by atoms with Crippen molar-refractivity contribution in [3.8, 4) is 5.75 Å². The summed E-state index contributed by atoms with van der Waals surface area (Å²) in [5, 5.41) is 10.2. The molecule has 0 unspecified atom stereocenters. The van der Waals surface area contributed by atoms with E-state index in [1.54, 1.807) is 0 Å². The lowest BCUT2D eigenvalue weighted by Gasteiger charge is -2.31. The number of aliphatic hydroxyl groups excluding tert-OH is 1. The summed E-state index contributed by atoms with van der Waals surface area (Å²) in [6.07, 6.45) is 4.69. The van der Waals surface area contributed by atoms with Crippen molar-refractivity contribution >= 4 is 0 Å². The molecular weight excluding hydrogens is 262 g/mol. The Bertz CT molecular complexity index is 439. The van der Waals surface area contributed by atoms with E-state index in [1.807, 2.05) is 30.3 Å². The standard InChI is InChI=1S/C18H27NO2/c1-3-6-16-7-4-5-8-18(16)21-14-17(20)13-19-11-9-15(2)10-12-19/h3-5,7-8,15,17,20H,1,6,9-14H2,2H3/t17-/m0/s1. The van der Waals surface area contributed by atoms with Gasteiger partial charge >= 0.3 is 0 Å². The van der Waals surface area contributed by atoms with Crippen LogP contribution in [0.4, 0.5) is 0 Å². The van der Waals surface area contributed by atoms with Crippen LogP contribution in [0.15, 0.2) is 36.9 Å². The molecule has 0 spiro atoms. The molecule has 1 atom stereocenters. The van der Waals surface area contributed by atoms with Crippen molar-refractivity contribution in [1.29, 1.82) is 0 Å². The van der Waals surface area contributed by atoms with E-state index in [9.17, 15) is 5.11 Å². The predicted molar refractivity (Wildman–Crippen MR) is 86.7 cm³/mol. The van der Waals surface area contributed by atoms with Crippen LogP contribution in [0.1, 0.15) is 25.3 Å². The van der Waals surface area contributed by atoms with Crippen molar-refractivity contribution in [3.63, 3.8) is 0 Å². The van der Waals surface area contributed by atoms with Crippen LogP contribution in [-0.2, 0) is 6.42 Å². The molecule has 3 nitrogen and oxygen atoms in total. The van der Waals surface area contributed by atoms with Crippen LogP contribution in [0, 0.1) is 5.92 Å². The Morgan fingerprint density at radius 3 is 2.81 bits per heavy atom. The van der Waals surface area contributed by atoms with Gasteiger partial charge in [0.25, 0.3) is 0 Å². The van der Waals surface area contributed by atoms with Crippen LogP contribution in [0.25, 0.3) is 0 Å². The number of rotatable bonds is 7. The van der Waals surface area contributed by atoms with Crippen LogP contribution < -0.4 is 4.74 Å². The monoisotopic (exact) mass is 289 g/mol. The van der Waals surface area contributed by atoms with Crippen molar-refractivity contribution in [2.24, 2.45) is 5.92 Å². The van der Waals surface area contributed by atoms with Gasteiger partial charge in [-0.25, -0.2) is 0 Å².